The van der Waals surface area contributed by atoms with Crippen LogP contribution >= 0.6 is 0 Å². The Kier molecular flexibility index (Phi) is 13.6. The van der Waals surface area contributed by atoms with Crippen molar-refractivity contribution in [2.45, 2.75) is 65.9 Å². The van der Waals surface area contributed by atoms with Gasteiger partial charge in [-0.05, 0) is 70.1 Å². The molecule has 0 spiro atoms. The second-order valence-electron chi connectivity index (χ2n) is 6.72. The molecule has 0 aliphatic heterocycles. The summed E-state index contributed by atoms with van der Waals surface area (Å²) in [5, 5.41) is 10.3. The summed E-state index contributed by atoms with van der Waals surface area (Å²) in [6.07, 6.45) is 11.0. The zero-order valence-electron chi connectivity index (χ0n) is 16.9. The molecular weight excluding hydrogens is 344 g/mol. The molecule has 1 atom stereocenters. The molecule has 0 aromatic carbocycles. The van der Waals surface area contributed by atoms with Crippen molar-refractivity contribution in [2.24, 2.45) is 0 Å². The number of allylic oxidation sites excluding steroid dienone is 6. The number of carbonyl (C=O) groups is 3. The van der Waals surface area contributed by atoms with Gasteiger partial charge in [0.25, 0.3) is 0 Å². The highest BCUT2D eigenvalue weighted by Crippen LogP contribution is 2.14. The third kappa shape index (κ3) is 13.6. The van der Waals surface area contributed by atoms with Gasteiger partial charge in [-0.3, -0.25) is 14.4 Å². The van der Waals surface area contributed by atoms with E-state index in [4.69, 9.17) is 4.74 Å². The number of aldehydes is 2. The molecule has 27 heavy (non-hydrogen) atoms. The van der Waals surface area contributed by atoms with Gasteiger partial charge in [-0.2, -0.15) is 0 Å². The largest absolute Gasteiger partial charge is 0.461 e. The number of esters is 1. The lowest BCUT2D eigenvalue weighted by Gasteiger charge is -2.14. The Morgan fingerprint density at radius 2 is 1.67 bits per heavy atom. The van der Waals surface area contributed by atoms with Crippen LogP contribution in [0.1, 0.15) is 59.8 Å². The van der Waals surface area contributed by atoms with Gasteiger partial charge in [0.1, 0.15) is 19.2 Å². The molecule has 0 saturated heterocycles. The monoisotopic (exact) mass is 376 g/mol. The summed E-state index contributed by atoms with van der Waals surface area (Å²) in [5.41, 5.74) is 3.39. The first-order valence-corrected chi connectivity index (χ1v) is 9.19. The Morgan fingerprint density at radius 3 is 2.22 bits per heavy atom. The number of ether oxygens (including phenoxy) is 1. The van der Waals surface area contributed by atoms with Gasteiger partial charge in [0.05, 0.1) is 6.10 Å². The van der Waals surface area contributed by atoms with Gasteiger partial charge in [0.2, 0.25) is 0 Å². The summed E-state index contributed by atoms with van der Waals surface area (Å²) >= 11 is 0. The lowest BCUT2D eigenvalue weighted by molar-refractivity contribution is -0.140. The first-order chi connectivity index (χ1) is 12.8. The van der Waals surface area contributed by atoms with Gasteiger partial charge in [-0.25, -0.2) is 0 Å². The molecule has 1 N–H and O–H groups in total. The fourth-order valence-electron chi connectivity index (χ4n) is 2.29. The fourth-order valence-corrected chi connectivity index (χ4v) is 2.29. The highest BCUT2D eigenvalue weighted by Gasteiger charge is 2.11. The zero-order valence-corrected chi connectivity index (χ0v) is 16.9. The van der Waals surface area contributed by atoms with Crippen LogP contribution in [0.5, 0.6) is 0 Å². The first-order valence-electron chi connectivity index (χ1n) is 9.19. The summed E-state index contributed by atoms with van der Waals surface area (Å²) in [6, 6.07) is 0. The molecular formula is C22H32O5. The minimum absolute atomic E-state index is 0.0446. The first kappa shape index (κ1) is 24.7. The van der Waals surface area contributed by atoms with Crippen LogP contribution in [-0.2, 0) is 19.1 Å². The van der Waals surface area contributed by atoms with E-state index in [9.17, 15) is 19.5 Å². The molecule has 0 heterocycles. The minimum atomic E-state index is -0.723. The van der Waals surface area contributed by atoms with Crippen LogP contribution in [0.4, 0.5) is 0 Å². The Morgan fingerprint density at radius 1 is 1.00 bits per heavy atom. The smallest absolute Gasteiger partial charge is 0.302 e. The van der Waals surface area contributed by atoms with Crippen molar-refractivity contribution in [1.82, 2.24) is 0 Å². The molecule has 1 unspecified atom stereocenters. The number of aliphatic hydroxyl groups is 1. The van der Waals surface area contributed by atoms with Gasteiger partial charge >= 0.3 is 5.97 Å². The third-order valence-corrected chi connectivity index (χ3v) is 3.91. The summed E-state index contributed by atoms with van der Waals surface area (Å²) in [5.74, 6) is -0.400. The van der Waals surface area contributed by atoms with Crippen molar-refractivity contribution in [3.05, 3.63) is 46.6 Å². The van der Waals surface area contributed by atoms with E-state index < -0.39 is 12.1 Å². The number of hydrogen-bond donors (Lipinski definition) is 1. The summed E-state index contributed by atoms with van der Waals surface area (Å²) in [7, 11) is 0. The minimum Gasteiger partial charge on any atom is -0.461 e. The molecule has 0 aliphatic carbocycles. The molecule has 0 saturated carbocycles. The highest BCUT2D eigenvalue weighted by molar-refractivity contribution is 5.73. The van der Waals surface area contributed by atoms with Crippen LogP contribution in [0.3, 0.4) is 0 Å². The van der Waals surface area contributed by atoms with Crippen molar-refractivity contribution >= 4 is 18.5 Å². The maximum atomic E-state index is 11.2. The molecule has 150 valence electrons. The van der Waals surface area contributed by atoms with E-state index in [2.05, 4.69) is 0 Å². The van der Waals surface area contributed by atoms with Gasteiger partial charge in [-0.15, -0.1) is 0 Å². The van der Waals surface area contributed by atoms with Gasteiger partial charge in [0.15, 0.2) is 0 Å². The Hall–Kier alpha value is -2.27. The predicted octanol–water partition coefficient (Wildman–Crippen LogP) is 4.02. The van der Waals surface area contributed by atoms with Crippen LogP contribution in [0, 0.1) is 0 Å². The van der Waals surface area contributed by atoms with Crippen molar-refractivity contribution in [3.8, 4) is 0 Å². The van der Waals surface area contributed by atoms with E-state index >= 15 is 0 Å². The van der Waals surface area contributed by atoms with Crippen molar-refractivity contribution in [1.29, 1.82) is 0 Å². The van der Waals surface area contributed by atoms with Crippen molar-refractivity contribution in [3.63, 3.8) is 0 Å². The predicted molar refractivity (Wildman–Crippen MR) is 107 cm³/mol. The Balaban J connectivity index is 4.85. The topological polar surface area (TPSA) is 80.7 Å². The molecule has 0 rings (SSSR count). The molecule has 5 heteroatoms. The maximum Gasteiger partial charge on any atom is 0.302 e. The number of rotatable bonds is 13. The van der Waals surface area contributed by atoms with Crippen LogP contribution in [0.2, 0.25) is 0 Å². The molecule has 0 amide bonds. The standard InChI is InChI=1S/C22H32O5/c1-17(2)11-12-22(26)21(16-27-19(4)25)10-6-9-20(15-24)8-5-7-18(3)13-14-23/h8,10-11,13-15,22,26H,5-7,9,12,16H2,1-4H3/b18-13-,20-8-,21-10-. The summed E-state index contributed by atoms with van der Waals surface area (Å²) in [6.45, 7) is 7.16. The lowest BCUT2D eigenvalue weighted by atomic mass is 10.0. The number of hydrogen-bond acceptors (Lipinski definition) is 5. The molecule has 0 radical (unpaired) electrons. The van der Waals surface area contributed by atoms with E-state index in [0.29, 0.717) is 36.8 Å². The van der Waals surface area contributed by atoms with E-state index in [0.717, 1.165) is 30.1 Å². The zero-order chi connectivity index (χ0) is 20.7. The fraction of sp³-hybridized carbons (Fsp3) is 0.500. The molecule has 0 aromatic rings. The van der Waals surface area contributed by atoms with Gasteiger partial charge in [-0.1, -0.05) is 29.4 Å². The van der Waals surface area contributed by atoms with E-state index in [-0.39, 0.29) is 6.61 Å². The number of carbonyl (C=O) groups excluding carboxylic acids is 3. The SMILES string of the molecule is CC(=O)OC/C(=C/CC/C(C=O)=C/CC/C(C)=C\C=O)C(O)CC=C(C)C. The summed E-state index contributed by atoms with van der Waals surface area (Å²) < 4.78 is 5.02. The van der Waals surface area contributed by atoms with Gasteiger partial charge < -0.3 is 9.84 Å². The molecule has 0 bridgehead atoms. The van der Waals surface area contributed by atoms with E-state index in [1.165, 1.54) is 13.0 Å². The van der Waals surface area contributed by atoms with Crippen molar-refractivity contribution < 1.29 is 24.2 Å². The maximum absolute atomic E-state index is 11.2. The average Bonchev–Trinajstić information content (AvgIpc) is 2.60. The van der Waals surface area contributed by atoms with E-state index in [1.54, 1.807) is 0 Å². The van der Waals surface area contributed by atoms with Crippen LogP contribution < -0.4 is 0 Å². The molecule has 0 aliphatic rings. The molecule has 0 fully saturated rings. The van der Waals surface area contributed by atoms with Crippen LogP contribution in [0.25, 0.3) is 0 Å². The summed E-state index contributed by atoms with van der Waals surface area (Å²) in [4.78, 5) is 32.7. The quantitative estimate of drug-likeness (QED) is 0.227. The van der Waals surface area contributed by atoms with Crippen LogP contribution in [0.15, 0.2) is 46.6 Å². The highest BCUT2D eigenvalue weighted by atomic mass is 16.5. The number of aliphatic hydroxyl groups excluding tert-OH is 1. The van der Waals surface area contributed by atoms with Gasteiger partial charge in [0, 0.05) is 6.92 Å². The Labute approximate surface area is 162 Å². The average molecular weight is 376 g/mol. The normalized spacial score (nSPS) is 13.7. The van der Waals surface area contributed by atoms with Crippen LogP contribution in [-0.4, -0.2) is 36.4 Å². The second-order valence-corrected chi connectivity index (χ2v) is 6.72. The second kappa shape index (κ2) is 14.9. The lowest BCUT2D eigenvalue weighted by Crippen LogP contribution is -2.16. The van der Waals surface area contributed by atoms with E-state index in [1.807, 2.05) is 39.0 Å². The molecule has 5 nitrogen and oxygen atoms in total. The Bertz CT molecular complexity index is 604. The third-order valence-electron chi connectivity index (χ3n) is 3.91. The van der Waals surface area contributed by atoms with Crippen molar-refractivity contribution in [2.75, 3.05) is 6.61 Å². The molecule has 0 aromatic heterocycles.